The number of aryl methyl sites for hydroxylation is 1. The Bertz CT molecular complexity index is 1080. The van der Waals surface area contributed by atoms with Gasteiger partial charge in [0.2, 0.25) is 5.82 Å². The number of H-pyrrole nitrogens is 1. The van der Waals surface area contributed by atoms with Gasteiger partial charge in [-0.3, -0.25) is 5.10 Å². The van der Waals surface area contributed by atoms with Crippen LogP contribution >= 0.6 is 0 Å². The van der Waals surface area contributed by atoms with Gasteiger partial charge in [0, 0.05) is 11.1 Å². The number of nitrogens with zero attached hydrogens (tertiary/aromatic N) is 3. The molecule has 27 heavy (non-hydrogen) atoms. The largest absolute Gasteiger partial charge is 0.416 e. The summed E-state index contributed by atoms with van der Waals surface area (Å²) in [5.41, 5.74) is 3.01. The predicted octanol–water partition coefficient (Wildman–Crippen LogP) is 5.12. The van der Waals surface area contributed by atoms with Crippen molar-refractivity contribution in [3.05, 3.63) is 65.7 Å². The number of hydrogen-bond donors (Lipinski definition) is 1. The minimum atomic E-state index is -4.39. The molecule has 4 aromatic rings. The average molecular weight is 370 g/mol. The van der Waals surface area contributed by atoms with E-state index in [1.165, 1.54) is 12.1 Å². The predicted molar refractivity (Wildman–Crippen MR) is 92.5 cm³/mol. The number of nitrogens with one attached hydrogen (secondary N) is 1. The fourth-order valence-electron chi connectivity index (χ4n) is 2.69. The first-order valence-electron chi connectivity index (χ1n) is 8.05. The van der Waals surface area contributed by atoms with Crippen molar-refractivity contribution in [2.24, 2.45) is 0 Å². The molecule has 2 aromatic carbocycles. The smallest absolute Gasteiger partial charge is 0.332 e. The van der Waals surface area contributed by atoms with E-state index in [1.807, 2.05) is 31.2 Å². The van der Waals surface area contributed by atoms with Crippen LogP contribution in [0.2, 0.25) is 0 Å². The highest BCUT2D eigenvalue weighted by Gasteiger charge is 2.30. The van der Waals surface area contributed by atoms with E-state index in [2.05, 4.69) is 20.3 Å². The quantitative estimate of drug-likeness (QED) is 0.543. The molecule has 0 aliphatic rings. The minimum absolute atomic E-state index is 0.200. The molecule has 0 unspecified atom stereocenters. The third-order valence-electron chi connectivity index (χ3n) is 4.13. The SMILES string of the molecule is Cc1ccccc1-c1cc(-c2nc(-c3ccc(C(F)(F)F)cc3)no2)[nH]n1. The molecular weight excluding hydrogens is 357 g/mol. The zero-order valence-electron chi connectivity index (χ0n) is 14.1. The van der Waals surface area contributed by atoms with Crippen molar-refractivity contribution < 1.29 is 17.7 Å². The zero-order valence-corrected chi connectivity index (χ0v) is 14.1. The second-order valence-electron chi connectivity index (χ2n) is 5.98. The van der Waals surface area contributed by atoms with Crippen LogP contribution in [0.1, 0.15) is 11.1 Å². The Labute approximate surface area is 151 Å². The topological polar surface area (TPSA) is 67.6 Å². The van der Waals surface area contributed by atoms with Gasteiger partial charge in [0.25, 0.3) is 5.89 Å². The Hall–Kier alpha value is -3.42. The molecule has 0 saturated carbocycles. The molecule has 8 heteroatoms. The Balaban J connectivity index is 1.61. The summed E-state index contributed by atoms with van der Waals surface area (Å²) in [4.78, 5) is 4.24. The van der Waals surface area contributed by atoms with Crippen molar-refractivity contribution in [3.8, 4) is 34.2 Å². The van der Waals surface area contributed by atoms with Crippen molar-refractivity contribution in [2.45, 2.75) is 13.1 Å². The third-order valence-corrected chi connectivity index (χ3v) is 4.13. The molecule has 0 spiro atoms. The molecule has 0 bridgehead atoms. The maximum absolute atomic E-state index is 12.7. The molecule has 5 nitrogen and oxygen atoms in total. The van der Waals surface area contributed by atoms with Crippen molar-refractivity contribution in [1.29, 1.82) is 0 Å². The number of aromatic nitrogens is 4. The highest BCUT2D eigenvalue weighted by Crippen LogP contribution is 2.31. The van der Waals surface area contributed by atoms with Gasteiger partial charge in [0.15, 0.2) is 0 Å². The number of aromatic amines is 1. The van der Waals surface area contributed by atoms with Gasteiger partial charge in [0.05, 0.1) is 11.3 Å². The standard InChI is InChI=1S/C19H13F3N4O/c1-11-4-2-3-5-14(11)15-10-16(25-24-15)18-23-17(26-27-18)12-6-8-13(9-7-12)19(20,21)22/h2-10H,1H3,(H,24,25). The highest BCUT2D eigenvalue weighted by molar-refractivity contribution is 5.68. The fourth-order valence-corrected chi connectivity index (χ4v) is 2.69. The second-order valence-corrected chi connectivity index (χ2v) is 5.98. The monoisotopic (exact) mass is 370 g/mol. The molecule has 2 heterocycles. The van der Waals surface area contributed by atoms with Crippen molar-refractivity contribution in [3.63, 3.8) is 0 Å². The lowest BCUT2D eigenvalue weighted by molar-refractivity contribution is -0.137. The van der Waals surface area contributed by atoms with Gasteiger partial charge in [0.1, 0.15) is 5.69 Å². The van der Waals surface area contributed by atoms with Gasteiger partial charge in [-0.2, -0.15) is 23.3 Å². The number of halogens is 3. The first-order chi connectivity index (χ1) is 12.9. The van der Waals surface area contributed by atoms with Gasteiger partial charge in [-0.25, -0.2) is 0 Å². The normalized spacial score (nSPS) is 11.7. The van der Waals surface area contributed by atoms with E-state index >= 15 is 0 Å². The average Bonchev–Trinajstić information content (AvgIpc) is 3.31. The summed E-state index contributed by atoms with van der Waals surface area (Å²) in [7, 11) is 0. The number of hydrogen-bond acceptors (Lipinski definition) is 4. The van der Waals surface area contributed by atoms with E-state index in [1.54, 1.807) is 6.07 Å². The number of rotatable bonds is 3. The molecule has 0 radical (unpaired) electrons. The van der Waals surface area contributed by atoms with Crippen LogP contribution in [0.25, 0.3) is 34.2 Å². The Morgan fingerprint density at radius 3 is 2.44 bits per heavy atom. The second kappa shape index (κ2) is 6.39. The van der Waals surface area contributed by atoms with Crippen LogP contribution in [0.5, 0.6) is 0 Å². The minimum Gasteiger partial charge on any atom is -0.332 e. The zero-order chi connectivity index (χ0) is 19.0. The summed E-state index contributed by atoms with van der Waals surface area (Å²) >= 11 is 0. The molecule has 1 N–H and O–H groups in total. The summed E-state index contributed by atoms with van der Waals surface area (Å²) in [5, 5.41) is 11.0. The van der Waals surface area contributed by atoms with E-state index in [4.69, 9.17) is 4.52 Å². The first-order valence-corrected chi connectivity index (χ1v) is 8.05. The summed E-state index contributed by atoms with van der Waals surface area (Å²) in [6, 6.07) is 14.2. The molecule has 0 saturated heterocycles. The van der Waals surface area contributed by atoms with E-state index in [9.17, 15) is 13.2 Å². The molecule has 2 aromatic heterocycles. The molecule has 4 rings (SSSR count). The highest BCUT2D eigenvalue weighted by atomic mass is 19.4. The van der Waals surface area contributed by atoms with Crippen molar-refractivity contribution in [1.82, 2.24) is 20.3 Å². The maximum Gasteiger partial charge on any atom is 0.416 e. The van der Waals surface area contributed by atoms with Crippen LogP contribution in [0.4, 0.5) is 13.2 Å². The van der Waals surface area contributed by atoms with Crippen molar-refractivity contribution in [2.75, 3.05) is 0 Å². The summed E-state index contributed by atoms with van der Waals surface area (Å²) in [5.74, 6) is 0.406. The van der Waals surface area contributed by atoms with Crippen molar-refractivity contribution >= 4 is 0 Å². The molecule has 0 atom stereocenters. The summed E-state index contributed by atoms with van der Waals surface area (Å²) in [6.07, 6.45) is -4.39. The van der Waals surface area contributed by atoms with Gasteiger partial charge in [-0.1, -0.05) is 41.6 Å². The molecule has 0 aliphatic carbocycles. The molecule has 136 valence electrons. The van der Waals surface area contributed by atoms with E-state index in [0.717, 1.165) is 29.0 Å². The Kier molecular flexibility index (Phi) is 4.02. The van der Waals surface area contributed by atoms with E-state index in [0.29, 0.717) is 11.3 Å². The van der Waals surface area contributed by atoms with Gasteiger partial charge >= 0.3 is 6.18 Å². The van der Waals surface area contributed by atoms with Crippen LogP contribution in [0, 0.1) is 6.92 Å². The van der Waals surface area contributed by atoms with E-state index in [-0.39, 0.29) is 11.7 Å². The lowest BCUT2D eigenvalue weighted by atomic mass is 10.1. The Morgan fingerprint density at radius 1 is 1.00 bits per heavy atom. The lowest BCUT2D eigenvalue weighted by Crippen LogP contribution is -2.04. The van der Waals surface area contributed by atoms with Crippen LogP contribution in [0.3, 0.4) is 0 Å². The van der Waals surface area contributed by atoms with E-state index < -0.39 is 11.7 Å². The number of alkyl halides is 3. The van der Waals surface area contributed by atoms with Gasteiger partial charge in [-0.05, 0) is 30.7 Å². The fraction of sp³-hybridized carbons (Fsp3) is 0.105. The molecule has 0 fully saturated rings. The van der Waals surface area contributed by atoms with Gasteiger partial charge in [-0.15, -0.1) is 0 Å². The van der Waals surface area contributed by atoms with Crippen LogP contribution < -0.4 is 0 Å². The lowest BCUT2D eigenvalue weighted by Gasteiger charge is -2.05. The van der Waals surface area contributed by atoms with Gasteiger partial charge < -0.3 is 4.52 Å². The third kappa shape index (κ3) is 3.33. The molecular formula is C19H13F3N4O. The summed E-state index contributed by atoms with van der Waals surface area (Å²) in [6.45, 7) is 1.99. The summed E-state index contributed by atoms with van der Waals surface area (Å²) < 4.78 is 43.2. The Morgan fingerprint density at radius 2 is 1.74 bits per heavy atom. The van der Waals surface area contributed by atoms with Crippen LogP contribution in [-0.4, -0.2) is 20.3 Å². The molecule has 0 amide bonds. The van der Waals surface area contributed by atoms with Crippen LogP contribution in [0.15, 0.2) is 59.1 Å². The molecule has 0 aliphatic heterocycles. The van der Waals surface area contributed by atoms with Crippen LogP contribution in [-0.2, 0) is 6.18 Å². The maximum atomic E-state index is 12.7. The first kappa shape index (κ1) is 17.0. The number of benzene rings is 2.